The highest BCUT2D eigenvalue weighted by molar-refractivity contribution is 7.89. The van der Waals surface area contributed by atoms with Crippen LogP contribution in [0, 0.1) is 11.3 Å². The fourth-order valence-electron chi connectivity index (χ4n) is 2.95. The Morgan fingerprint density at radius 2 is 1.86 bits per heavy atom. The van der Waals surface area contributed by atoms with Crippen molar-refractivity contribution in [1.29, 1.82) is 5.26 Å². The molecular weight excluding hydrogens is 382 g/mol. The fourth-order valence-corrected chi connectivity index (χ4v) is 4.27. The van der Waals surface area contributed by atoms with Gasteiger partial charge in [-0.05, 0) is 63.3 Å². The van der Waals surface area contributed by atoms with E-state index in [0.29, 0.717) is 19.3 Å². The van der Waals surface area contributed by atoms with Crippen molar-refractivity contribution in [3.05, 3.63) is 29.8 Å². The molecule has 0 saturated heterocycles. The lowest BCUT2D eigenvalue weighted by Gasteiger charge is -2.21. The van der Waals surface area contributed by atoms with E-state index in [-0.39, 0.29) is 16.5 Å². The number of carbonyl (C=O) groups is 2. The van der Waals surface area contributed by atoms with Crippen molar-refractivity contribution in [2.45, 2.75) is 62.4 Å². The Labute approximate surface area is 165 Å². The molecule has 0 heterocycles. The number of nitrogens with zero attached hydrogens (tertiary/aromatic N) is 1. The topological polar surface area (TPSA) is 125 Å². The lowest BCUT2D eigenvalue weighted by atomic mass is 10.00. The van der Waals surface area contributed by atoms with Crippen molar-refractivity contribution in [3.8, 4) is 6.07 Å². The summed E-state index contributed by atoms with van der Waals surface area (Å²) in [7, 11) is -3.66. The van der Waals surface area contributed by atoms with Crippen LogP contribution in [0.3, 0.4) is 0 Å². The van der Waals surface area contributed by atoms with Crippen LogP contribution in [0.15, 0.2) is 29.2 Å². The highest BCUT2D eigenvalue weighted by Crippen LogP contribution is 2.28. The lowest BCUT2D eigenvalue weighted by Crippen LogP contribution is -2.46. The second-order valence-corrected chi connectivity index (χ2v) is 8.69. The van der Waals surface area contributed by atoms with Gasteiger partial charge in [0.05, 0.1) is 16.5 Å². The van der Waals surface area contributed by atoms with Crippen LogP contribution >= 0.6 is 0 Å². The van der Waals surface area contributed by atoms with E-state index in [1.165, 1.54) is 24.3 Å². The van der Waals surface area contributed by atoms with Gasteiger partial charge < -0.3 is 10.1 Å². The standard InChI is InChI=1S/C19H25N3O5S/c1-3-14(2)22-28(25,26)16-8-6-15(7-9-16)18(24)27-12-17(23)21-19(13-20)10-4-5-11-19/h6-9,14,22H,3-5,10-12H2,1-2H3,(H,21,23)/t14-/m1/s1. The Bertz CT molecular complexity index is 853. The monoisotopic (exact) mass is 407 g/mol. The Hall–Kier alpha value is -2.44. The predicted octanol–water partition coefficient (Wildman–Crippen LogP) is 1.87. The van der Waals surface area contributed by atoms with E-state index in [0.717, 1.165) is 12.8 Å². The zero-order valence-electron chi connectivity index (χ0n) is 16.0. The second kappa shape index (κ2) is 9.17. The molecule has 1 aliphatic carbocycles. The number of carbonyl (C=O) groups excluding carboxylic acids is 2. The van der Waals surface area contributed by atoms with Crippen LogP contribution in [0.25, 0.3) is 0 Å². The molecule has 0 unspecified atom stereocenters. The van der Waals surface area contributed by atoms with E-state index in [1.807, 2.05) is 6.92 Å². The van der Waals surface area contributed by atoms with Gasteiger partial charge in [0, 0.05) is 6.04 Å². The van der Waals surface area contributed by atoms with Crippen molar-refractivity contribution >= 4 is 21.9 Å². The van der Waals surface area contributed by atoms with E-state index < -0.39 is 34.0 Å². The van der Waals surface area contributed by atoms with Gasteiger partial charge in [0.15, 0.2) is 6.61 Å². The van der Waals surface area contributed by atoms with Crippen LogP contribution in [0.4, 0.5) is 0 Å². The molecule has 8 nitrogen and oxygen atoms in total. The van der Waals surface area contributed by atoms with Crippen LogP contribution in [0.1, 0.15) is 56.3 Å². The van der Waals surface area contributed by atoms with Crippen LogP contribution < -0.4 is 10.0 Å². The second-order valence-electron chi connectivity index (χ2n) is 6.98. The predicted molar refractivity (Wildman–Crippen MR) is 102 cm³/mol. The van der Waals surface area contributed by atoms with Crippen molar-refractivity contribution in [1.82, 2.24) is 10.0 Å². The minimum Gasteiger partial charge on any atom is -0.452 e. The number of benzene rings is 1. The average molecular weight is 407 g/mol. The Morgan fingerprint density at radius 3 is 2.39 bits per heavy atom. The van der Waals surface area contributed by atoms with E-state index in [1.54, 1.807) is 6.92 Å². The summed E-state index contributed by atoms with van der Waals surface area (Å²) in [5, 5.41) is 11.9. The summed E-state index contributed by atoms with van der Waals surface area (Å²) in [5.41, 5.74) is -0.742. The molecule has 0 bridgehead atoms. The first-order chi connectivity index (χ1) is 13.2. The molecule has 1 saturated carbocycles. The number of sulfonamides is 1. The van der Waals surface area contributed by atoms with E-state index in [4.69, 9.17) is 4.74 Å². The molecule has 1 aliphatic rings. The summed E-state index contributed by atoms with van der Waals surface area (Å²) in [6, 6.07) is 7.21. The third-order valence-electron chi connectivity index (χ3n) is 4.75. The van der Waals surface area contributed by atoms with Gasteiger partial charge in [-0.1, -0.05) is 6.92 Å². The summed E-state index contributed by atoms with van der Waals surface area (Å²) >= 11 is 0. The minimum absolute atomic E-state index is 0.0410. The van der Waals surface area contributed by atoms with Crippen molar-refractivity contribution in [2.24, 2.45) is 0 Å². The molecule has 2 rings (SSSR count). The van der Waals surface area contributed by atoms with Gasteiger partial charge in [-0.2, -0.15) is 5.26 Å². The maximum absolute atomic E-state index is 12.2. The van der Waals surface area contributed by atoms with Crippen molar-refractivity contribution in [2.75, 3.05) is 6.61 Å². The number of hydrogen-bond donors (Lipinski definition) is 2. The number of ether oxygens (including phenoxy) is 1. The number of hydrogen-bond acceptors (Lipinski definition) is 6. The minimum atomic E-state index is -3.66. The van der Waals surface area contributed by atoms with Gasteiger partial charge in [0.1, 0.15) is 5.54 Å². The molecule has 152 valence electrons. The first kappa shape index (κ1) is 21.9. The first-order valence-corrected chi connectivity index (χ1v) is 10.7. The molecule has 1 atom stereocenters. The Balaban J connectivity index is 1.92. The molecule has 0 radical (unpaired) electrons. The first-order valence-electron chi connectivity index (χ1n) is 9.23. The number of nitriles is 1. The van der Waals surface area contributed by atoms with Gasteiger partial charge in [-0.3, -0.25) is 4.79 Å². The molecule has 28 heavy (non-hydrogen) atoms. The van der Waals surface area contributed by atoms with Crippen LogP contribution in [-0.4, -0.2) is 38.5 Å². The molecule has 0 aliphatic heterocycles. The smallest absolute Gasteiger partial charge is 0.338 e. The quantitative estimate of drug-likeness (QED) is 0.634. The molecule has 1 aromatic carbocycles. The summed E-state index contributed by atoms with van der Waals surface area (Å²) in [5.74, 6) is -1.28. The molecular formula is C19H25N3O5S. The maximum Gasteiger partial charge on any atom is 0.338 e. The number of amides is 1. The summed E-state index contributed by atoms with van der Waals surface area (Å²) in [6.45, 7) is 3.13. The van der Waals surface area contributed by atoms with Gasteiger partial charge in [0.25, 0.3) is 5.91 Å². The SMILES string of the molecule is CC[C@@H](C)NS(=O)(=O)c1ccc(C(=O)OCC(=O)NC2(C#N)CCCC2)cc1. The zero-order valence-corrected chi connectivity index (χ0v) is 16.8. The summed E-state index contributed by atoms with van der Waals surface area (Å²) in [4.78, 5) is 24.1. The number of esters is 1. The van der Waals surface area contributed by atoms with Gasteiger partial charge in [0.2, 0.25) is 10.0 Å². The highest BCUT2D eigenvalue weighted by atomic mass is 32.2. The van der Waals surface area contributed by atoms with E-state index in [2.05, 4.69) is 16.1 Å². The Morgan fingerprint density at radius 1 is 1.25 bits per heavy atom. The third-order valence-corrected chi connectivity index (χ3v) is 6.36. The third kappa shape index (κ3) is 5.53. The zero-order chi connectivity index (χ0) is 20.8. The molecule has 0 spiro atoms. The van der Waals surface area contributed by atoms with Gasteiger partial charge in [-0.15, -0.1) is 0 Å². The van der Waals surface area contributed by atoms with Crippen molar-refractivity contribution in [3.63, 3.8) is 0 Å². The van der Waals surface area contributed by atoms with Gasteiger partial charge in [-0.25, -0.2) is 17.9 Å². The molecule has 9 heteroatoms. The molecule has 0 aromatic heterocycles. The fraction of sp³-hybridized carbons (Fsp3) is 0.526. The Kier molecular flexibility index (Phi) is 7.16. The van der Waals surface area contributed by atoms with Crippen molar-refractivity contribution < 1.29 is 22.7 Å². The average Bonchev–Trinajstić information content (AvgIpc) is 3.14. The van der Waals surface area contributed by atoms with Crippen LogP contribution in [-0.2, 0) is 19.6 Å². The largest absolute Gasteiger partial charge is 0.452 e. The number of nitrogens with one attached hydrogen (secondary N) is 2. The number of rotatable bonds is 8. The normalized spacial score (nSPS) is 16.8. The highest BCUT2D eigenvalue weighted by Gasteiger charge is 2.35. The lowest BCUT2D eigenvalue weighted by molar-refractivity contribution is -0.125. The maximum atomic E-state index is 12.2. The summed E-state index contributed by atoms with van der Waals surface area (Å²) < 4.78 is 31.9. The summed E-state index contributed by atoms with van der Waals surface area (Å²) in [6.07, 6.45) is 3.57. The van der Waals surface area contributed by atoms with E-state index in [9.17, 15) is 23.3 Å². The van der Waals surface area contributed by atoms with Crippen LogP contribution in [0.5, 0.6) is 0 Å². The molecule has 1 amide bonds. The molecule has 1 fully saturated rings. The van der Waals surface area contributed by atoms with E-state index >= 15 is 0 Å². The van der Waals surface area contributed by atoms with Gasteiger partial charge >= 0.3 is 5.97 Å². The molecule has 1 aromatic rings. The molecule has 2 N–H and O–H groups in total. The van der Waals surface area contributed by atoms with Crippen LogP contribution in [0.2, 0.25) is 0 Å².